The van der Waals surface area contributed by atoms with Gasteiger partial charge in [0.1, 0.15) is 5.75 Å². The molecule has 0 saturated carbocycles. The number of hydrogen-bond donors (Lipinski definition) is 1. The maximum Gasteiger partial charge on any atom is 0.227 e. The summed E-state index contributed by atoms with van der Waals surface area (Å²) >= 11 is 0. The summed E-state index contributed by atoms with van der Waals surface area (Å²) in [5.41, 5.74) is 4.37. The molecule has 1 heterocycles. The molecule has 2 aromatic carbocycles. The van der Waals surface area contributed by atoms with E-state index in [4.69, 9.17) is 4.74 Å². The monoisotopic (exact) mass is 394 g/mol. The predicted molar refractivity (Wildman–Crippen MR) is 115 cm³/mol. The molecule has 5 nitrogen and oxygen atoms in total. The third kappa shape index (κ3) is 4.97. The van der Waals surface area contributed by atoms with E-state index in [0.717, 1.165) is 35.4 Å². The number of anilines is 1. The summed E-state index contributed by atoms with van der Waals surface area (Å²) in [6.45, 7) is 6.52. The van der Waals surface area contributed by atoms with Crippen molar-refractivity contribution in [2.24, 2.45) is 5.92 Å². The first-order chi connectivity index (χ1) is 13.9. The van der Waals surface area contributed by atoms with Crippen LogP contribution in [0, 0.1) is 19.8 Å². The van der Waals surface area contributed by atoms with E-state index >= 15 is 0 Å². The van der Waals surface area contributed by atoms with Gasteiger partial charge in [-0.3, -0.25) is 9.59 Å². The van der Waals surface area contributed by atoms with E-state index in [0.29, 0.717) is 6.54 Å². The van der Waals surface area contributed by atoms with Crippen LogP contribution in [0.25, 0.3) is 0 Å². The zero-order chi connectivity index (χ0) is 21.0. The van der Waals surface area contributed by atoms with Crippen LogP contribution in [0.4, 0.5) is 5.69 Å². The zero-order valence-electron chi connectivity index (χ0n) is 17.7. The van der Waals surface area contributed by atoms with Crippen molar-refractivity contribution in [3.8, 4) is 5.75 Å². The Morgan fingerprint density at radius 3 is 2.62 bits per heavy atom. The van der Waals surface area contributed by atoms with Gasteiger partial charge >= 0.3 is 0 Å². The summed E-state index contributed by atoms with van der Waals surface area (Å²) in [6, 6.07) is 14.0. The second kappa shape index (κ2) is 9.12. The number of amides is 2. The Labute approximate surface area is 173 Å². The maximum absolute atomic E-state index is 12.7. The Kier molecular flexibility index (Phi) is 6.57. The van der Waals surface area contributed by atoms with Crippen LogP contribution in [0.15, 0.2) is 42.5 Å². The summed E-state index contributed by atoms with van der Waals surface area (Å²) in [5, 5.41) is 3.09. The molecule has 2 amide bonds. The average molecular weight is 395 g/mol. The SMILES string of the molecule is COc1ccc(CCC(C)NC(=O)C2CC(=O)N(c3cccc(C)c3C)C2)cc1. The van der Waals surface area contributed by atoms with Crippen molar-refractivity contribution in [3.63, 3.8) is 0 Å². The number of nitrogens with zero attached hydrogens (tertiary/aromatic N) is 1. The lowest BCUT2D eigenvalue weighted by atomic mass is 10.0. The lowest BCUT2D eigenvalue weighted by Crippen LogP contribution is -2.38. The summed E-state index contributed by atoms with van der Waals surface area (Å²) in [7, 11) is 1.65. The molecule has 0 spiro atoms. The van der Waals surface area contributed by atoms with Crippen molar-refractivity contribution >= 4 is 17.5 Å². The molecular weight excluding hydrogens is 364 g/mol. The molecule has 0 bridgehead atoms. The van der Waals surface area contributed by atoms with Crippen LogP contribution >= 0.6 is 0 Å². The van der Waals surface area contributed by atoms with Gasteiger partial charge in [0.05, 0.1) is 13.0 Å². The molecule has 29 heavy (non-hydrogen) atoms. The first-order valence-electron chi connectivity index (χ1n) is 10.2. The molecule has 1 aliphatic rings. The first-order valence-corrected chi connectivity index (χ1v) is 10.2. The zero-order valence-corrected chi connectivity index (χ0v) is 17.7. The fourth-order valence-corrected chi connectivity index (χ4v) is 3.75. The van der Waals surface area contributed by atoms with Gasteiger partial charge in [0, 0.05) is 24.7 Å². The summed E-state index contributed by atoms with van der Waals surface area (Å²) < 4.78 is 5.18. The van der Waals surface area contributed by atoms with Gasteiger partial charge in [-0.2, -0.15) is 0 Å². The van der Waals surface area contributed by atoms with Crippen molar-refractivity contribution < 1.29 is 14.3 Å². The molecule has 0 radical (unpaired) electrons. The van der Waals surface area contributed by atoms with Crippen molar-refractivity contribution in [3.05, 3.63) is 59.2 Å². The standard InChI is InChI=1S/C24H30N2O3/c1-16-6-5-7-22(18(16)3)26-15-20(14-23(26)27)24(28)25-17(2)8-9-19-10-12-21(29-4)13-11-19/h5-7,10-13,17,20H,8-9,14-15H2,1-4H3,(H,25,28). The molecule has 1 saturated heterocycles. The maximum atomic E-state index is 12.7. The van der Waals surface area contributed by atoms with Gasteiger partial charge < -0.3 is 15.0 Å². The highest BCUT2D eigenvalue weighted by Gasteiger charge is 2.36. The fraction of sp³-hybridized carbons (Fsp3) is 0.417. The van der Waals surface area contributed by atoms with Gasteiger partial charge in [-0.15, -0.1) is 0 Å². The molecular formula is C24H30N2O3. The molecule has 0 aliphatic carbocycles. The molecule has 2 atom stereocenters. The Morgan fingerprint density at radius 2 is 1.93 bits per heavy atom. The molecule has 1 aliphatic heterocycles. The van der Waals surface area contributed by atoms with Gasteiger partial charge in [-0.25, -0.2) is 0 Å². The number of carbonyl (C=O) groups is 2. The number of benzene rings is 2. The van der Waals surface area contributed by atoms with Crippen molar-refractivity contribution in [1.82, 2.24) is 5.32 Å². The molecule has 2 unspecified atom stereocenters. The van der Waals surface area contributed by atoms with Gasteiger partial charge in [-0.05, 0) is 68.5 Å². The van der Waals surface area contributed by atoms with Crippen LogP contribution in [-0.2, 0) is 16.0 Å². The van der Waals surface area contributed by atoms with Crippen molar-refractivity contribution in [1.29, 1.82) is 0 Å². The second-order valence-corrected chi connectivity index (χ2v) is 7.92. The average Bonchev–Trinajstić information content (AvgIpc) is 3.10. The number of rotatable bonds is 7. The minimum atomic E-state index is -0.300. The van der Waals surface area contributed by atoms with Crippen LogP contribution in [0.5, 0.6) is 5.75 Å². The van der Waals surface area contributed by atoms with E-state index in [1.807, 2.05) is 63.2 Å². The number of ether oxygens (including phenoxy) is 1. The topological polar surface area (TPSA) is 58.6 Å². The highest BCUT2D eigenvalue weighted by atomic mass is 16.5. The van der Waals surface area contributed by atoms with Gasteiger partial charge in [0.2, 0.25) is 11.8 Å². The van der Waals surface area contributed by atoms with E-state index < -0.39 is 0 Å². The van der Waals surface area contributed by atoms with E-state index in [9.17, 15) is 9.59 Å². The molecule has 0 aromatic heterocycles. The predicted octanol–water partition coefficient (Wildman–Crippen LogP) is 3.80. The Balaban J connectivity index is 1.53. The van der Waals surface area contributed by atoms with Gasteiger partial charge in [0.15, 0.2) is 0 Å². The van der Waals surface area contributed by atoms with Crippen LogP contribution < -0.4 is 15.0 Å². The number of hydrogen-bond acceptors (Lipinski definition) is 3. The highest BCUT2D eigenvalue weighted by Crippen LogP contribution is 2.29. The van der Waals surface area contributed by atoms with Crippen LogP contribution in [-0.4, -0.2) is 31.5 Å². The quantitative estimate of drug-likeness (QED) is 0.777. The molecule has 3 rings (SSSR count). The Morgan fingerprint density at radius 1 is 1.21 bits per heavy atom. The summed E-state index contributed by atoms with van der Waals surface area (Å²) in [5.74, 6) is 0.526. The van der Waals surface area contributed by atoms with E-state index in [-0.39, 0.29) is 30.2 Å². The largest absolute Gasteiger partial charge is 0.497 e. The van der Waals surface area contributed by atoms with E-state index in [2.05, 4.69) is 5.32 Å². The third-order valence-corrected chi connectivity index (χ3v) is 5.78. The molecule has 5 heteroatoms. The van der Waals surface area contributed by atoms with Crippen LogP contribution in [0.2, 0.25) is 0 Å². The third-order valence-electron chi connectivity index (χ3n) is 5.78. The minimum absolute atomic E-state index is 0.0183. The molecule has 2 aromatic rings. The molecule has 1 fully saturated rings. The number of aryl methyl sites for hydroxylation is 2. The lowest BCUT2D eigenvalue weighted by Gasteiger charge is -2.21. The fourth-order valence-electron chi connectivity index (χ4n) is 3.75. The lowest BCUT2D eigenvalue weighted by molar-refractivity contribution is -0.126. The number of carbonyl (C=O) groups excluding carboxylic acids is 2. The van der Waals surface area contributed by atoms with Crippen molar-refractivity contribution in [2.75, 3.05) is 18.6 Å². The number of nitrogens with one attached hydrogen (secondary N) is 1. The van der Waals surface area contributed by atoms with Crippen LogP contribution in [0.3, 0.4) is 0 Å². The highest BCUT2D eigenvalue weighted by molar-refractivity contribution is 6.00. The molecule has 154 valence electrons. The Hall–Kier alpha value is -2.82. The molecule has 1 N–H and O–H groups in total. The minimum Gasteiger partial charge on any atom is -0.497 e. The van der Waals surface area contributed by atoms with E-state index in [1.54, 1.807) is 12.0 Å². The number of methoxy groups -OCH3 is 1. The van der Waals surface area contributed by atoms with E-state index in [1.165, 1.54) is 5.56 Å². The normalized spacial score (nSPS) is 17.3. The van der Waals surface area contributed by atoms with Gasteiger partial charge in [-0.1, -0.05) is 24.3 Å². The second-order valence-electron chi connectivity index (χ2n) is 7.92. The van der Waals surface area contributed by atoms with Gasteiger partial charge in [0.25, 0.3) is 0 Å². The summed E-state index contributed by atoms with van der Waals surface area (Å²) in [6.07, 6.45) is 1.99. The Bertz CT molecular complexity index is 876. The van der Waals surface area contributed by atoms with Crippen molar-refractivity contribution in [2.45, 2.75) is 46.1 Å². The first kappa shape index (κ1) is 20.9. The summed E-state index contributed by atoms with van der Waals surface area (Å²) in [4.78, 5) is 27.0. The van der Waals surface area contributed by atoms with Crippen LogP contribution in [0.1, 0.15) is 36.5 Å². The smallest absolute Gasteiger partial charge is 0.227 e.